The molecule has 3 aliphatic heterocycles. The first-order chi connectivity index (χ1) is 10.8. The molecule has 0 spiro atoms. The molecule has 0 radical (unpaired) electrons. The van der Waals surface area contributed by atoms with Crippen LogP contribution < -0.4 is 0 Å². The van der Waals surface area contributed by atoms with Crippen molar-refractivity contribution in [1.29, 1.82) is 0 Å². The first-order valence-corrected chi connectivity index (χ1v) is 8.28. The molecule has 1 aromatic rings. The molecule has 0 saturated carbocycles. The third-order valence-corrected chi connectivity index (χ3v) is 5.02. The summed E-state index contributed by atoms with van der Waals surface area (Å²) in [5.74, 6) is 1.68. The van der Waals surface area contributed by atoms with Crippen LogP contribution >= 0.6 is 0 Å². The van der Waals surface area contributed by atoms with Crippen molar-refractivity contribution < 1.29 is 9.59 Å². The summed E-state index contributed by atoms with van der Waals surface area (Å²) in [5, 5.41) is 8.49. The Bertz CT molecular complexity index is 587. The van der Waals surface area contributed by atoms with Gasteiger partial charge < -0.3 is 9.47 Å². The van der Waals surface area contributed by atoms with Gasteiger partial charge in [-0.3, -0.25) is 9.69 Å². The summed E-state index contributed by atoms with van der Waals surface area (Å²) in [4.78, 5) is 28.1. The molecule has 0 aromatic carbocycles. The van der Waals surface area contributed by atoms with Gasteiger partial charge in [-0.05, 0) is 32.1 Å². The van der Waals surface area contributed by atoms with Gasteiger partial charge in [0.05, 0.1) is 6.54 Å². The van der Waals surface area contributed by atoms with Gasteiger partial charge in [0.2, 0.25) is 0 Å². The number of rotatable bonds is 2. The van der Waals surface area contributed by atoms with Crippen LogP contribution in [0.15, 0.2) is 0 Å². The Morgan fingerprint density at radius 1 is 1.00 bits per heavy atom. The van der Waals surface area contributed by atoms with E-state index in [1.165, 1.54) is 11.3 Å². The number of amides is 3. The third kappa shape index (κ3) is 2.10. The maximum absolute atomic E-state index is 12.5. The second-order valence-electron chi connectivity index (χ2n) is 6.41. The van der Waals surface area contributed by atoms with Crippen LogP contribution in [0.4, 0.5) is 4.79 Å². The summed E-state index contributed by atoms with van der Waals surface area (Å²) in [5.41, 5.74) is 0. The molecule has 118 valence electrons. The Morgan fingerprint density at radius 3 is 2.73 bits per heavy atom. The summed E-state index contributed by atoms with van der Waals surface area (Å²) >= 11 is 0. The average Bonchev–Trinajstić information content (AvgIpc) is 2.91. The van der Waals surface area contributed by atoms with Crippen molar-refractivity contribution in [3.63, 3.8) is 0 Å². The largest absolute Gasteiger partial charge is 0.327 e. The van der Waals surface area contributed by atoms with E-state index in [2.05, 4.69) is 14.8 Å². The zero-order valence-corrected chi connectivity index (χ0v) is 12.7. The maximum atomic E-state index is 12.5. The minimum Gasteiger partial charge on any atom is -0.313 e. The summed E-state index contributed by atoms with van der Waals surface area (Å²) in [6.45, 7) is 1.85. The number of aryl methyl sites for hydroxylation is 1. The molecule has 2 fully saturated rings. The lowest BCUT2D eigenvalue weighted by Gasteiger charge is -2.26. The molecule has 0 N–H and O–H groups in total. The molecule has 0 unspecified atom stereocenters. The van der Waals surface area contributed by atoms with Gasteiger partial charge in [0.1, 0.15) is 11.9 Å². The van der Waals surface area contributed by atoms with Crippen molar-refractivity contribution in [2.75, 3.05) is 6.54 Å². The minimum atomic E-state index is -0.243. The summed E-state index contributed by atoms with van der Waals surface area (Å²) < 4.78 is 2.10. The van der Waals surface area contributed by atoms with Gasteiger partial charge in [-0.15, -0.1) is 10.2 Å². The molecule has 1 aromatic heterocycles. The van der Waals surface area contributed by atoms with Crippen LogP contribution in [0.5, 0.6) is 0 Å². The number of carbonyl (C=O) groups excluding carboxylic acids is 2. The van der Waals surface area contributed by atoms with Crippen LogP contribution in [0.25, 0.3) is 0 Å². The predicted molar refractivity (Wildman–Crippen MR) is 77.9 cm³/mol. The number of imide groups is 1. The molecule has 4 rings (SSSR count). The van der Waals surface area contributed by atoms with E-state index in [-0.39, 0.29) is 24.5 Å². The van der Waals surface area contributed by atoms with Crippen molar-refractivity contribution in [3.05, 3.63) is 11.6 Å². The monoisotopic (exact) mass is 303 g/mol. The van der Waals surface area contributed by atoms with E-state index < -0.39 is 0 Å². The number of aromatic nitrogens is 3. The van der Waals surface area contributed by atoms with Crippen LogP contribution in [-0.2, 0) is 24.3 Å². The lowest BCUT2D eigenvalue weighted by atomic mass is 10.0. The van der Waals surface area contributed by atoms with Crippen LogP contribution in [0.2, 0.25) is 0 Å². The highest BCUT2D eigenvalue weighted by molar-refractivity contribution is 6.04. The highest BCUT2D eigenvalue weighted by atomic mass is 16.2. The van der Waals surface area contributed by atoms with Crippen LogP contribution in [-0.4, -0.2) is 49.1 Å². The Hall–Kier alpha value is -1.92. The fraction of sp³-hybridized carbons (Fsp3) is 0.733. The number of piperidine rings is 1. The van der Waals surface area contributed by atoms with Crippen LogP contribution in [0.1, 0.15) is 50.2 Å². The van der Waals surface area contributed by atoms with Crippen molar-refractivity contribution in [2.24, 2.45) is 0 Å². The van der Waals surface area contributed by atoms with Crippen molar-refractivity contribution >= 4 is 11.9 Å². The fourth-order valence-electron chi connectivity index (χ4n) is 3.80. The van der Waals surface area contributed by atoms with E-state index in [4.69, 9.17) is 0 Å². The first kappa shape index (κ1) is 13.7. The quantitative estimate of drug-likeness (QED) is 0.773. The minimum absolute atomic E-state index is 0.0596. The molecule has 2 saturated heterocycles. The Morgan fingerprint density at radius 2 is 1.86 bits per heavy atom. The SMILES string of the molecule is O=C1[C@@H]2CCCCN2C(=O)N1Cc1nnc2n1CCCCC2. The molecular formula is C15H21N5O2. The van der Waals surface area contributed by atoms with Gasteiger partial charge in [-0.25, -0.2) is 4.79 Å². The standard InChI is InChI=1S/C15H21N5O2/c21-14-11-6-3-5-8-18(11)15(22)20(14)10-13-17-16-12-7-2-1-4-9-19(12)13/h11H,1-10H2/t11-/m0/s1. The van der Waals surface area contributed by atoms with Crippen molar-refractivity contribution in [2.45, 2.75) is 64.1 Å². The predicted octanol–water partition coefficient (Wildman–Crippen LogP) is 1.32. The molecule has 1 atom stereocenters. The highest BCUT2D eigenvalue weighted by Gasteiger charge is 2.46. The lowest BCUT2D eigenvalue weighted by molar-refractivity contribution is -0.129. The first-order valence-electron chi connectivity index (χ1n) is 8.28. The molecule has 0 bridgehead atoms. The molecule has 0 aliphatic carbocycles. The topological polar surface area (TPSA) is 71.3 Å². The molecule has 22 heavy (non-hydrogen) atoms. The van der Waals surface area contributed by atoms with Crippen molar-refractivity contribution in [3.8, 4) is 0 Å². The van der Waals surface area contributed by atoms with E-state index in [0.29, 0.717) is 6.54 Å². The second kappa shape index (κ2) is 5.37. The fourth-order valence-corrected chi connectivity index (χ4v) is 3.80. The van der Waals surface area contributed by atoms with Crippen LogP contribution in [0.3, 0.4) is 0 Å². The summed E-state index contributed by atoms with van der Waals surface area (Å²) in [6, 6.07) is -0.395. The number of fused-ring (bicyclic) bond motifs is 2. The zero-order valence-electron chi connectivity index (χ0n) is 12.7. The maximum Gasteiger partial charge on any atom is 0.327 e. The van der Waals surface area contributed by atoms with E-state index in [0.717, 1.165) is 56.7 Å². The lowest BCUT2D eigenvalue weighted by Crippen LogP contribution is -2.39. The number of urea groups is 1. The number of hydrogen-bond acceptors (Lipinski definition) is 4. The molecule has 7 nitrogen and oxygen atoms in total. The normalized spacial score (nSPS) is 25.2. The van der Waals surface area contributed by atoms with E-state index in [1.807, 2.05) is 0 Å². The Kier molecular flexibility index (Phi) is 3.35. The summed E-state index contributed by atoms with van der Waals surface area (Å²) in [7, 11) is 0. The average molecular weight is 303 g/mol. The number of hydrogen-bond donors (Lipinski definition) is 0. The number of nitrogens with zero attached hydrogens (tertiary/aromatic N) is 5. The van der Waals surface area contributed by atoms with Gasteiger partial charge >= 0.3 is 6.03 Å². The summed E-state index contributed by atoms with van der Waals surface area (Å²) in [6.07, 6.45) is 7.17. The van der Waals surface area contributed by atoms with Gasteiger partial charge in [0.15, 0.2) is 5.82 Å². The molecule has 3 aliphatic rings. The highest BCUT2D eigenvalue weighted by Crippen LogP contribution is 2.28. The second-order valence-corrected chi connectivity index (χ2v) is 6.41. The zero-order chi connectivity index (χ0) is 15.1. The molecule has 7 heteroatoms. The molecule has 3 amide bonds. The van der Waals surface area contributed by atoms with Gasteiger partial charge in [0.25, 0.3) is 5.91 Å². The molecule has 4 heterocycles. The smallest absolute Gasteiger partial charge is 0.313 e. The van der Waals surface area contributed by atoms with E-state index in [1.54, 1.807) is 4.90 Å². The van der Waals surface area contributed by atoms with Gasteiger partial charge in [-0.2, -0.15) is 0 Å². The van der Waals surface area contributed by atoms with Gasteiger partial charge in [0, 0.05) is 19.5 Å². The Balaban J connectivity index is 1.57. The third-order valence-electron chi connectivity index (χ3n) is 5.02. The van der Waals surface area contributed by atoms with Crippen molar-refractivity contribution in [1.82, 2.24) is 24.6 Å². The Labute approximate surface area is 129 Å². The van der Waals surface area contributed by atoms with Crippen LogP contribution in [0, 0.1) is 0 Å². The van der Waals surface area contributed by atoms with E-state index >= 15 is 0 Å². The number of carbonyl (C=O) groups is 2. The van der Waals surface area contributed by atoms with E-state index in [9.17, 15) is 9.59 Å². The van der Waals surface area contributed by atoms with Gasteiger partial charge in [-0.1, -0.05) is 6.42 Å². The molecular weight excluding hydrogens is 282 g/mol.